The molecule has 0 saturated carbocycles. The van der Waals surface area contributed by atoms with Gasteiger partial charge in [-0.2, -0.15) is 0 Å². The van der Waals surface area contributed by atoms with Gasteiger partial charge in [-0.3, -0.25) is 4.79 Å². The molecular weight excluding hydrogens is 178 g/mol. The van der Waals surface area contributed by atoms with E-state index in [-0.39, 0.29) is 18.0 Å². The molecule has 0 saturated heterocycles. The number of hydrogen-bond acceptors (Lipinski definition) is 3. The Labute approximate surface area is 84.7 Å². The average Bonchev–Trinajstić information content (AvgIpc) is 2.18. The highest BCUT2D eigenvalue weighted by molar-refractivity contribution is 5.72. The predicted octanol–water partition coefficient (Wildman–Crippen LogP) is 2.20. The quantitative estimate of drug-likeness (QED) is 0.752. The Balaban J connectivity index is 0.00000169. The smallest absolute Gasteiger partial charge is 0.308 e. The summed E-state index contributed by atoms with van der Waals surface area (Å²) in [4.78, 5) is 11.1. The Kier molecular flexibility index (Phi) is 5.56. The van der Waals surface area contributed by atoms with E-state index in [9.17, 15) is 4.79 Å². The molecule has 1 aromatic rings. The van der Waals surface area contributed by atoms with Crippen LogP contribution in [0.4, 0.5) is 0 Å². The van der Waals surface area contributed by atoms with Crippen molar-refractivity contribution in [1.82, 2.24) is 6.15 Å². The highest BCUT2D eigenvalue weighted by atomic mass is 16.5. The van der Waals surface area contributed by atoms with E-state index >= 15 is 0 Å². The summed E-state index contributed by atoms with van der Waals surface area (Å²) in [5.41, 5.74) is 1.17. The van der Waals surface area contributed by atoms with E-state index < -0.39 is 0 Å². The Morgan fingerprint density at radius 3 is 2.43 bits per heavy atom. The predicted molar refractivity (Wildman–Crippen MR) is 56.3 cm³/mol. The zero-order valence-corrected chi connectivity index (χ0v) is 8.69. The Bertz CT molecular complexity index is 272. The van der Waals surface area contributed by atoms with E-state index in [0.29, 0.717) is 0 Å². The van der Waals surface area contributed by atoms with Crippen LogP contribution in [0.25, 0.3) is 0 Å². The molecule has 1 rings (SSSR count). The highest BCUT2D eigenvalue weighted by Gasteiger charge is 2.12. The van der Waals surface area contributed by atoms with Crippen LogP contribution in [0, 0.1) is 5.92 Å². The maximum absolute atomic E-state index is 11.1. The van der Waals surface area contributed by atoms with E-state index in [1.165, 1.54) is 12.7 Å². The summed E-state index contributed by atoms with van der Waals surface area (Å²) in [7, 11) is 1.42. The number of carbonyl (C=O) groups is 1. The maximum Gasteiger partial charge on any atom is 0.308 e. The molecule has 3 heteroatoms. The third-order valence-corrected chi connectivity index (χ3v) is 1.99. The fourth-order valence-corrected chi connectivity index (χ4v) is 1.25. The Morgan fingerprint density at radius 2 is 1.93 bits per heavy atom. The summed E-state index contributed by atoms with van der Waals surface area (Å²) < 4.78 is 4.65. The molecule has 0 aliphatic heterocycles. The van der Waals surface area contributed by atoms with Crippen molar-refractivity contribution >= 4 is 5.97 Å². The van der Waals surface area contributed by atoms with Gasteiger partial charge in [-0.1, -0.05) is 37.3 Å². The lowest BCUT2D eigenvalue weighted by Crippen LogP contribution is -2.14. The molecule has 1 atom stereocenters. The summed E-state index contributed by atoms with van der Waals surface area (Å²) in [6, 6.07) is 9.93. The molecular formula is C11H17NO2. The van der Waals surface area contributed by atoms with Gasteiger partial charge in [0.05, 0.1) is 13.0 Å². The van der Waals surface area contributed by atoms with E-state index in [1.54, 1.807) is 0 Å². The number of benzene rings is 1. The zero-order chi connectivity index (χ0) is 9.68. The van der Waals surface area contributed by atoms with Crippen LogP contribution in [0.2, 0.25) is 0 Å². The molecule has 0 spiro atoms. The SMILES string of the molecule is COC(=O)C(C)Cc1ccccc1.N. The number of esters is 1. The van der Waals surface area contributed by atoms with Crippen molar-refractivity contribution in [2.24, 2.45) is 5.92 Å². The normalized spacial score (nSPS) is 11.3. The molecule has 0 aliphatic carbocycles. The largest absolute Gasteiger partial charge is 0.469 e. The summed E-state index contributed by atoms with van der Waals surface area (Å²) >= 11 is 0. The van der Waals surface area contributed by atoms with Gasteiger partial charge in [-0.25, -0.2) is 0 Å². The van der Waals surface area contributed by atoms with Gasteiger partial charge in [-0.05, 0) is 12.0 Å². The van der Waals surface area contributed by atoms with Crippen molar-refractivity contribution in [2.45, 2.75) is 13.3 Å². The minimum Gasteiger partial charge on any atom is -0.469 e. The molecule has 3 nitrogen and oxygen atoms in total. The fraction of sp³-hybridized carbons (Fsp3) is 0.364. The lowest BCUT2D eigenvalue weighted by Gasteiger charge is -2.08. The lowest BCUT2D eigenvalue weighted by atomic mass is 10.0. The molecule has 0 radical (unpaired) electrons. The summed E-state index contributed by atoms with van der Waals surface area (Å²) in [6.45, 7) is 1.87. The second kappa shape index (κ2) is 6.16. The van der Waals surface area contributed by atoms with Crippen LogP contribution in [0.5, 0.6) is 0 Å². The molecule has 0 aromatic heterocycles. The number of ether oxygens (including phenoxy) is 1. The Morgan fingerprint density at radius 1 is 1.36 bits per heavy atom. The van der Waals surface area contributed by atoms with Crippen molar-refractivity contribution in [3.8, 4) is 0 Å². The van der Waals surface area contributed by atoms with Gasteiger partial charge >= 0.3 is 5.97 Å². The van der Waals surface area contributed by atoms with Crippen LogP contribution in [0.3, 0.4) is 0 Å². The van der Waals surface area contributed by atoms with E-state index in [4.69, 9.17) is 0 Å². The number of methoxy groups -OCH3 is 1. The number of carbonyl (C=O) groups excluding carboxylic acids is 1. The molecule has 1 aromatic carbocycles. The van der Waals surface area contributed by atoms with Crippen molar-refractivity contribution < 1.29 is 9.53 Å². The molecule has 3 N–H and O–H groups in total. The first-order chi connectivity index (χ1) is 6.24. The van der Waals surface area contributed by atoms with Gasteiger partial charge in [0, 0.05) is 0 Å². The molecule has 1 unspecified atom stereocenters. The number of rotatable bonds is 3. The molecule has 0 heterocycles. The van der Waals surface area contributed by atoms with Crippen molar-refractivity contribution in [3.63, 3.8) is 0 Å². The first-order valence-corrected chi connectivity index (χ1v) is 4.36. The third-order valence-electron chi connectivity index (χ3n) is 1.99. The summed E-state index contributed by atoms with van der Waals surface area (Å²) in [6.07, 6.45) is 0.744. The molecule has 14 heavy (non-hydrogen) atoms. The fourth-order valence-electron chi connectivity index (χ4n) is 1.25. The second-order valence-electron chi connectivity index (χ2n) is 3.11. The minimum atomic E-state index is -0.149. The summed E-state index contributed by atoms with van der Waals surface area (Å²) in [5.74, 6) is -0.212. The van der Waals surface area contributed by atoms with Gasteiger partial charge in [0.2, 0.25) is 0 Å². The van der Waals surface area contributed by atoms with E-state index in [0.717, 1.165) is 6.42 Å². The van der Waals surface area contributed by atoms with Crippen LogP contribution in [0.15, 0.2) is 30.3 Å². The van der Waals surface area contributed by atoms with Crippen molar-refractivity contribution in [2.75, 3.05) is 7.11 Å². The Hall–Kier alpha value is -1.35. The van der Waals surface area contributed by atoms with Gasteiger partial charge < -0.3 is 10.9 Å². The molecule has 0 bridgehead atoms. The van der Waals surface area contributed by atoms with Crippen LogP contribution < -0.4 is 6.15 Å². The van der Waals surface area contributed by atoms with Gasteiger partial charge in [0.25, 0.3) is 0 Å². The maximum atomic E-state index is 11.1. The van der Waals surface area contributed by atoms with Crippen LogP contribution in [0.1, 0.15) is 12.5 Å². The van der Waals surface area contributed by atoms with Crippen LogP contribution in [-0.2, 0) is 16.0 Å². The topological polar surface area (TPSA) is 61.3 Å². The first-order valence-electron chi connectivity index (χ1n) is 4.36. The highest BCUT2D eigenvalue weighted by Crippen LogP contribution is 2.08. The van der Waals surface area contributed by atoms with Crippen molar-refractivity contribution in [1.29, 1.82) is 0 Å². The molecule has 78 valence electrons. The van der Waals surface area contributed by atoms with Gasteiger partial charge in [0.15, 0.2) is 0 Å². The monoisotopic (exact) mass is 195 g/mol. The lowest BCUT2D eigenvalue weighted by molar-refractivity contribution is -0.144. The van der Waals surface area contributed by atoms with Gasteiger partial charge in [-0.15, -0.1) is 0 Å². The first kappa shape index (κ1) is 12.7. The summed E-state index contributed by atoms with van der Waals surface area (Å²) in [5, 5.41) is 0. The standard InChI is InChI=1S/C11H14O2.H3N/c1-9(11(12)13-2)8-10-6-4-3-5-7-10;/h3-7,9H,8H2,1-2H3;1H3. The van der Waals surface area contributed by atoms with Crippen LogP contribution in [-0.4, -0.2) is 13.1 Å². The van der Waals surface area contributed by atoms with E-state index in [2.05, 4.69) is 4.74 Å². The second-order valence-corrected chi connectivity index (χ2v) is 3.11. The third kappa shape index (κ3) is 3.58. The van der Waals surface area contributed by atoms with E-state index in [1.807, 2.05) is 37.3 Å². The number of hydrogen-bond donors (Lipinski definition) is 1. The molecule has 0 fully saturated rings. The average molecular weight is 195 g/mol. The minimum absolute atomic E-state index is 0. The zero-order valence-electron chi connectivity index (χ0n) is 8.69. The van der Waals surface area contributed by atoms with Gasteiger partial charge in [0.1, 0.15) is 0 Å². The van der Waals surface area contributed by atoms with Crippen LogP contribution >= 0.6 is 0 Å². The van der Waals surface area contributed by atoms with Crippen molar-refractivity contribution in [3.05, 3.63) is 35.9 Å². The molecule has 0 aliphatic rings. The molecule has 0 amide bonds.